The Hall–Kier alpha value is -1.28. The summed E-state index contributed by atoms with van der Waals surface area (Å²) in [5.74, 6) is 0.682. The van der Waals surface area contributed by atoms with E-state index in [0.717, 1.165) is 11.1 Å². The number of aliphatic hydroxyl groups is 1. The molecule has 0 radical (unpaired) electrons. The smallest absolute Gasteiger partial charge is 0.123 e. The van der Waals surface area contributed by atoms with Gasteiger partial charge in [0.05, 0.1) is 12.5 Å². The van der Waals surface area contributed by atoms with E-state index in [1.807, 2.05) is 45.9 Å². The third-order valence-electron chi connectivity index (χ3n) is 2.92. The summed E-state index contributed by atoms with van der Waals surface area (Å²) in [6.45, 7) is 8.79. The second-order valence-electron chi connectivity index (χ2n) is 5.98. The molecule has 1 aromatic carbocycles. The lowest BCUT2D eigenvalue weighted by Crippen LogP contribution is -2.42. The maximum atomic E-state index is 9.91. The fourth-order valence-electron chi connectivity index (χ4n) is 1.79. The number of aliphatic hydroxyl groups excluding tert-OH is 1. The number of β-amino-alcohol motifs (C(OH)–C–C–N with tert-alkyl or cyclic N) is 1. The van der Waals surface area contributed by atoms with Crippen molar-refractivity contribution in [1.29, 1.82) is 5.26 Å². The van der Waals surface area contributed by atoms with Gasteiger partial charge in [-0.1, -0.05) is 12.1 Å². The Labute approximate surface area is 133 Å². The van der Waals surface area contributed by atoms with E-state index in [-0.39, 0.29) is 24.6 Å². The van der Waals surface area contributed by atoms with Crippen LogP contribution in [0.5, 0.6) is 5.75 Å². The Morgan fingerprint density at radius 2 is 2.05 bits per heavy atom. The first-order chi connectivity index (χ1) is 9.33. The van der Waals surface area contributed by atoms with Crippen molar-refractivity contribution < 1.29 is 9.84 Å². The molecule has 0 bridgehead atoms. The minimum Gasteiger partial charge on any atom is -0.491 e. The van der Waals surface area contributed by atoms with Crippen molar-refractivity contribution in [3.63, 3.8) is 0 Å². The quantitative estimate of drug-likeness (QED) is 0.847. The predicted molar refractivity (Wildman–Crippen MR) is 87.0 cm³/mol. The molecule has 21 heavy (non-hydrogen) atoms. The summed E-state index contributed by atoms with van der Waals surface area (Å²) < 4.78 is 5.66. The Balaban J connectivity index is 0.00000400. The summed E-state index contributed by atoms with van der Waals surface area (Å²) in [6.07, 6.45) is -0.261. The van der Waals surface area contributed by atoms with Gasteiger partial charge in [-0.3, -0.25) is 0 Å². The summed E-state index contributed by atoms with van der Waals surface area (Å²) >= 11 is 0. The molecule has 0 heterocycles. The number of halogens is 1. The molecule has 0 aliphatic rings. The molecule has 4 nitrogen and oxygen atoms in total. The van der Waals surface area contributed by atoms with Gasteiger partial charge in [-0.25, -0.2) is 0 Å². The highest BCUT2D eigenvalue weighted by Crippen LogP contribution is 2.22. The van der Waals surface area contributed by atoms with Gasteiger partial charge in [0, 0.05) is 17.6 Å². The molecule has 2 N–H and O–H groups in total. The molecular formula is C16H25ClN2O2. The van der Waals surface area contributed by atoms with Gasteiger partial charge in [-0.05, 0) is 39.3 Å². The highest BCUT2D eigenvalue weighted by Gasteiger charge is 2.13. The average molecular weight is 313 g/mol. The van der Waals surface area contributed by atoms with E-state index in [4.69, 9.17) is 10.00 Å². The number of rotatable bonds is 6. The average Bonchev–Trinajstić information content (AvgIpc) is 2.36. The minimum absolute atomic E-state index is 0. The molecule has 1 rings (SSSR count). The lowest BCUT2D eigenvalue weighted by Gasteiger charge is -2.23. The van der Waals surface area contributed by atoms with E-state index < -0.39 is 6.10 Å². The summed E-state index contributed by atoms with van der Waals surface area (Å²) in [5, 5.41) is 22.0. The Morgan fingerprint density at radius 1 is 1.38 bits per heavy atom. The van der Waals surface area contributed by atoms with Gasteiger partial charge in [0.25, 0.3) is 0 Å². The number of hydrogen-bond acceptors (Lipinski definition) is 4. The highest BCUT2D eigenvalue weighted by atomic mass is 35.5. The minimum atomic E-state index is -0.579. The van der Waals surface area contributed by atoms with Crippen LogP contribution in [-0.4, -0.2) is 29.9 Å². The normalized spacial score (nSPS) is 12.2. The largest absolute Gasteiger partial charge is 0.491 e. The molecule has 5 heteroatoms. The second-order valence-corrected chi connectivity index (χ2v) is 5.98. The van der Waals surface area contributed by atoms with Crippen molar-refractivity contribution >= 4 is 12.4 Å². The van der Waals surface area contributed by atoms with Crippen LogP contribution in [0.1, 0.15) is 31.9 Å². The Bertz CT molecular complexity index is 478. The SMILES string of the molecule is Cc1cccc(OCC(O)CNC(C)(C)C)c1CC#N.Cl. The zero-order chi connectivity index (χ0) is 15.2. The van der Waals surface area contributed by atoms with E-state index in [1.165, 1.54) is 0 Å². The molecular weight excluding hydrogens is 288 g/mol. The van der Waals surface area contributed by atoms with E-state index in [9.17, 15) is 5.11 Å². The lowest BCUT2D eigenvalue weighted by molar-refractivity contribution is 0.0996. The van der Waals surface area contributed by atoms with Crippen LogP contribution in [0.25, 0.3) is 0 Å². The summed E-state index contributed by atoms with van der Waals surface area (Å²) in [4.78, 5) is 0. The molecule has 0 amide bonds. The maximum Gasteiger partial charge on any atom is 0.123 e. The molecule has 1 aromatic rings. The number of nitrogens with zero attached hydrogens (tertiary/aromatic N) is 1. The first-order valence-electron chi connectivity index (χ1n) is 6.85. The van der Waals surface area contributed by atoms with Gasteiger partial charge < -0.3 is 15.2 Å². The molecule has 0 aromatic heterocycles. The van der Waals surface area contributed by atoms with Crippen LogP contribution in [0.4, 0.5) is 0 Å². The third-order valence-corrected chi connectivity index (χ3v) is 2.92. The number of ether oxygens (including phenoxy) is 1. The fraction of sp³-hybridized carbons (Fsp3) is 0.562. The molecule has 118 valence electrons. The number of aryl methyl sites for hydroxylation is 1. The van der Waals surface area contributed by atoms with E-state index in [1.54, 1.807) is 0 Å². The zero-order valence-electron chi connectivity index (χ0n) is 13.1. The van der Waals surface area contributed by atoms with Gasteiger partial charge in [-0.15, -0.1) is 12.4 Å². The van der Waals surface area contributed by atoms with Crippen LogP contribution in [0, 0.1) is 18.3 Å². The molecule has 0 aliphatic carbocycles. The highest BCUT2D eigenvalue weighted by molar-refractivity contribution is 5.85. The van der Waals surface area contributed by atoms with Gasteiger partial charge in [0.2, 0.25) is 0 Å². The molecule has 0 saturated carbocycles. The monoisotopic (exact) mass is 312 g/mol. The van der Waals surface area contributed by atoms with Crippen LogP contribution in [0.15, 0.2) is 18.2 Å². The van der Waals surface area contributed by atoms with Crippen molar-refractivity contribution in [3.05, 3.63) is 29.3 Å². The molecule has 0 spiro atoms. The van der Waals surface area contributed by atoms with Crippen LogP contribution in [0.3, 0.4) is 0 Å². The van der Waals surface area contributed by atoms with Crippen molar-refractivity contribution in [3.8, 4) is 11.8 Å². The molecule has 0 aliphatic heterocycles. The van der Waals surface area contributed by atoms with E-state index >= 15 is 0 Å². The Morgan fingerprint density at radius 3 is 2.62 bits per heavy atom. The van der Waals surface area contributed by atoms with E-state index in [2.05, 4.69) is 11.4 Å². The lowest BCUT2D eigenvalue weighted by atomic mass is 10.1. The second kappa shape index (κ2) is 8.89. The van der Waals surface area contributed by atoms with Crippen LogP contribution in [0.2, 0.25) is 0 Å². The predicted octanol–water partition coefficient (Wildman–Crippen LogP) is 2.61. The van der Waals surface area contributed by atoms with E-state index in [0.29, 0.717) is 18.7 Å². The number of benzene rings is 1. The van der Waals surface area contributed by atoms with Crippen molar-refractivity contribution in [2.45, 2.75) is 45.8 Å². The molecule has 1 unspecified atom stereocenters. The summed E-state index contributed by atoms with van der Waals surface area (Å²) in [5.41, 5.74) is 1.90. The van der Waals surface area contributed by atoms with Gasteiger partial charge in [0.15, 0.2) is 0 Å². The van der Waals surface area contributed by atoms with Gasteiger partial charge in [-0.2, -0.15) is 5.26 Å². The number of nitrogens with one attached hydrogen (secondary N) is 1. The molecule has 0 fully saturated rings. The zero-order valence-corrected chi connectivity index (χ0v) is 14.0. The van der Waals surface area contributed by atoms with Crippen LogP contribution in [-0.2, 0) is 6.42 Å². The maximum absolute atomic E-state index is 9.91. The summed E-state index contributed by atoms with van der Waals surface area (Å²) in [7, 11) is 0. The fourth-order valence-corrected chi connectivity index (χ4v) is 1.79. The number of nitriles is 1. The molecule has 0 saturated heterocycles. The first kappa shape index (κ1) is 19.7. The summed E-state index contributed by atoms with van der Waals surface area (Å²) in [6, 6.07) is 7.83. The van der Waals surface area contributed by atoms with Crippen LogP contribution < -0.4 is 10.1 Å². The van der Waals surface area contributed by atoms with Crippen molar-refractivity contribution in [2.24, 2.45) is 0 Å². The molecule has 1 atom stereocenters. The van der Waals surface area contributed by atoms with Crippen molar-refractivity contribution in [1.82, 2.24) is 5.32 Å². The van der Waals surface area contributed by atoms with Gasteiger partial charge >= 0.3 is 0 Å². The third kappa shape index (κ3) is 7.33. The van der Waals surface area contributed by atoms with Crippen LogP contribution >= 0.6 is 12.4 Å². The first-order valence-corrected chi connectivity index (χ1v) is 6.85. The Kier molecular flexibility index (Phi) is 8.34. The topological polar surface area (TPSA) is 65.3 Å². The van der Waals surface area contributed by atoms with Gasteiger partial charge in [0.1, 0.15) is 18.5 Å². The number of hydrogen-bond donors (Lipinski definition) is 2. The standard InChI is InChI=1S/C16H24N2O2.ClH/c1-12-6-5-7-15(14(12)8-9-17)20-11-13(19)10-18-16(2,3)4;/h5-7,13,18-19H,8,10-11H2,1-4H3;1H. The van der Waals surface area contributed by atoms with Crippen molar-refractivity contribution in [2.75, 3.05) is 13.2 Å².